The lowest BCUT2D eigenvalue weighted by Gasteiger charge is -2.25. The van der Waals surface area contributed by atoms with Crippen molar-refractivity contribution in [2.45, 2.75) is 46.2 Å². The lowest BCUT2D eigenvalue weighted by atomic mass is 10.2. The molecule has 1 aromatic rings. The summed E-state index contributed by atoms with van der Waals surface area (Å²) < 4.78 is 0. The van der Waals surface area contributed by atoms with E-state index in [9.17, 15) is 4.79 Å². The molecule has 0 unspecified atom stereocenters. The molecule has 1 rings (SSSR count). The van der Waals surface area contributed by atoms with Crippen LogP contribution in [-0.4, -0.2) is 14.0 Å². The Morgan fingerprint density at radius 2 is 1.71 bits per heavy atom. The maximum Gasteiger partial charge on any atom is 0.373 e. The first-order valence-corrected chi connectivity index (χ1v) is 9.97. The second-order valence-corrected chi connectivity index (χ2v) is 9.87. The topological polar surface area (TPSA) is 35.5 Å². The Bertz CT molecular complexity index is 463. The average molecular weight is 305 g/mol. The molecule has 115 valence electrons. The summed E-state index contributed by atoms with van der Waals surface area (Å²) in [5, 5.41) is 1.30. The maximum atomic E-state index is 11.9. The molecule has 0 atom stereocenters. The molecule has 0 spiro atoms. The Hall–Kier alpha value is -1.39. The highest BCUT2D eigenvalue weighted by Crippen LogP contribution is 2.17. The van der Waals surface area contributed by atoms with Gasteiger partial charge in [-0.05, 0) is 25.5 Å². The summed E-state index contributed by atoms with van der Waals surface area (Å²) in [6.07, 6.45) is 1.39. The fraction of sp³-hybridized carbons (Fsp3) is 0.412. The van der Waals surface area contributed by atoms with Crippen LogP contribution in [0.25, 0.3) is 0 Å². The minimum absolute atomic E-state index is 0.465. The molecular formula is C17H25O3Si. The third kappa shape index (κ3) is 4.28. The fourth-order valence-electron chi connectivity index (χ4n) is 2.22. The van der Waals surface area contributed by atoms with Gasteiger partial charge in [0.15, 0.2) is 0 Å². The Kier molecular flexibility index (Phi) is 6.85. The van der Waals surface area contributed by atoms with Gasteiger partial charge in [0.05, 0.1) is 5.56 Å². The number of hydrogen-bond acceptors (Lipinski definition) is 3. The average Bonchev–Trinajstić information content (AvgIpc) is 2.55. The maximum absolute atomic E-state index is 11.9. The van der Waals surface area contributed by atoms with E-state index in [0.29, 0.717) is 18.1 Å². The van der Waals surface area contributed by atoms with Gasteiger partial charge in [-0.25, -0.2) is 4.79 Å². The zero-order valence-electron chi connectivity index (χ0n) is 13.4. The van der Waals surface area contributed by atoms with Gasteiger partial charge in [0, 0.05) is 0 Å². The van der Waals surface area contributed by atoms with Crippen molar-refractivity contribution in [1.29, 1.82) is 0 Å². The highest BCUT2D eigenvalue weighted by atomic mass is 28.3. The van der Waals surface area contributed by atoms with E-state index in [0.717, 1.165) is 12.1 Å². The number of rotatable bonds is 8. The van der Waals surface area contributed by atoms with E-state index < -0.39 is 14.0 Å². The molecule has 0 fully saturated rings. The van der Waals surface area contributed by atoms with E-state index in [1.54, 1.807) is 19.1 Å². The number of carbonyl (C=O) groups excluding carboxylic acids is 1. The van der Waals surface area contributed by atoms with Crippen molar-refractivity contribution in [3.8, 4) is 0 Å². The van der Waals surface area contributed by atoms with Crippen LogP contribution >= 0.6 is 0 Å². The molecule has 0 aliphatic heterocycles. The number of carbonyl (C=O) groups is 1. The second kappa shape index (κ2) is 8.15. The third-order valence-electron chi connectivity index (χ3n) is 4.11. The van der Waals surface area contributed by atoms with Crippen molar-refractivity contribution < 1.29 is 14.6 Å². The van der Waals surface area contributed by atoms with Gasteiger partial charge in [-0.15, -0.1) is 6.58 Å². The van der Waals surface area contributed by atoms with Crippen LogP contribution in [0.2, 0.25) is 12.1 Å². The zero-order chi connectivity index (χ0) is 15.9. The largest absolute Gasteiger partial charge is 0.373 e. The van der Waals surface area contributed by atoms with Gasteiger partial charge in [-0.1, -0.05) is 55.9 Å². The Labute approximate surface area is 128 Å². The molecule has 0 heterocycles. The lowest BCUT2D eigenvalue weighted by Crippen LogP contribution is -2.44. The number of hydrogen-bond donors (Lipinski definition) is 0. The SMILES string of the molecule is C=C[Si](CC)(CC)c1ccc(C(=O)OO[C](C)CC)cc1. The summed E-state index contributed by atoms with van der Waals surface area (Å²) in [7, 11) is -1.62. The molecule has 0 bridgehead atoms. The highest BCUT2D eigenvalue weighted by Gasteiger charge is 2.27. The Morgan fingerprint density at radius 3 is 2.14 bits per heavy atom. The predicted molar refractivity (Wildman–Crippen MR) is 88.7 cm³/mol. The summed E-state index contributed by atoms with van der Waals surface area (Å²) in [5.74, 6) is -0.465. The lowest BCUT2D eigenvalue weighted by molar-refractivity contribution is -0.232. The molecular weight excluding hydrogens is 280 g/mol. The van der Waals surface area contributed by atoms with Crippen LogP contribution in [0.1, 0.15) is 44.5 Å². The molecule has 0 amide bonds. The van der Waals surface area contributed by atoms with E-state index in [2.05, 4.69) is 26.1 Å². The van der Waals surface area contributed by atoms with E-state index in [-0.39, 0.29) is 0 Å². The smallest absolute Gasteiger partial charge is 0.292 e. The van der Waals surface area contributed by atoms with Crippen LogP contribution in [-0.2, 0) is 9.78 Å². The van der Waals surface area contributed by atoms with E-state index >= 15 is 0 Å². The van der Waals surface area contributed by atoms with Gasteiger partial charge in [0.1, 0.15) is 14.2 Å². The van der Waals surface area contributed by atoms with Gasteiger partial charge in [0.25, 0.3) is 0 Å². The molecule has 3 nitrogen and oxygen atoms in total. The molecule has 0 N–H and O–H groups in total. The quantitative estimate of drug-likeness (QED) is 0.411. The summed E-state index contributed by atoms with van der Waals surface area (Å²) >= 11 is 0. The van der Waals surface area contributed by atoms with Crippen molar-refractivity contribution in [2.75, 3.05) is 0 Å². The Balaban J connectivity index is 2.82. The third-order valence-corrected chi connectivity index (χ3v) is 8.89. The summed E-state index contributed by atoms with van der Waals surface area (Å²) in [6.45, 7) is 12.1. The first-order chi connectivity index (χ1) is 10.0. The molecule has 0 saturated carbocycles. The van der Waals surface area contributed by atoms with Gasteiger partial charge in [-0.2, -0.15) is 4.89 Å². The van der Waals surface area contributed by atoms with Gasteiger partial charge in [0.2, 0.25) is 0 Å². The summed E-state index contributed by atoms with van der Waals surface area (Å²) in [4.78, 5) is 21.6. The van der Waals surface area contributed by atoms with Crippen LogP contribution in [0.15, 0.2) is 36.5 Å². The van der Waals surface area contributed by atoms with Crippen LogP contribution in [0.5, 0.6) is 0 Å². The normalized spacial score (nSPS) is 11.5. The standard InChI is InChI=1S/C17H25O3Si/c1-6-14(5)19-20-17(18)15-10-12-16(13-11-15)21(7-2,8-3)9-4/h7,10-13H,2,6,8-9H2,1,3-5H3. The molecule has 1 radical (unpaired) electrons. The first-order valence-electron chi connectivity index (χ1n) is 7.48. The van der Waals surface area contributed by atoms with E-state index in [4.69, 9.17) is 9.78 Å². The molecule has 0 aliphatic rings. The van der Waals surface area contributed by atoms with E-state index in [1.807, 2.05) is 19.1 Å². The van der Waals surface area contributed by atoms with Crippen molar-refractivity contribution in [3.63, 3.8) is 0 Å². The molecule has 0 aliphatic carbocycles. The highest BCUT2D eigenvalue weighted by molar-refractivity contribution is 6.95. The van der Waals surface area contributed by atoms with Gasteiger partial charge >= 0.3 is 5.97 Å². The van der Waals surface area contributed by atoms with Crippen LogP contribution in [0.3, 0.4) is 0 Å². The molecule has 1 aromatic carbocycles. The molecule has 4 heteroatoms. The van der Waals surface area contributed by atoms with E-state index in [1.165, 1.54) is 5.19 Å². The minimum atomic E-state index is -1.62. The van der Waals surface area contributed by atoms with Crippen LogP contribution in [0.4, 0.5) is 0 Å². The van der Waals surface area contributed by atoms with Crippen molar-refractivity contribution in [2.24, 2.45) is 0 Å². The minimum Gasteiger partial charge on any atom is -0.292 e. The molecule has 0 saturated heterocycles. The second-order valence-electron chi connectivity index (χ2n) is 5.15. The van der Waals surface area contributed by atoms with Crippen LogP contribution in [0, 0.1) is 6.10 Å². The van der Waals surface area contributed by atoms with Crippen molar-refractivity contribution in [1.82, 2.24) is 0 Å². The van der Waals surface area contributed by atoms with Gasteiger partial charge < -0.3 is 0 Å². The van der Waals surface area contributed by atoms with Crippen LogP contribution < -0.4 is 5.19 Å². The summed E-state index contributed by atoms with van der Waals surface area (Å²) in [5.41, 5.74) is 2.63. The first kappa shape index (κ1) is 17.7. The fourth-order valence-corrected chi connectivity index (χ4v) is 5.18. The van der Waals surface area contributed by atoms with Crippen molar-refractivity contribution >= 4 is 19.2 Å². The molecule has 21 heavy (non-hydrogen) atoms. The summed E-state index contributed by atoms with van der Waals surface area (Å²) in [6, 6.07) is 9.88. The van der Waals surface area contributed by atoms with Crippen molar-refractivity contribution in [3.05, 3.63) is 48.2 Å². The predicted octanol–water partition coefficient (Wildman–Crippen LogP) is 4.16. The number of benzene rings is 1. The molecule has 0 aromatic heterocycles. The monoisotopic (exact) mass is 305 g/mol. The van der Waals surface area contributed by atoms with Gasteiger partial charge in [-0.3, -0.25) is 4.89 Å². The zero-order valence-corrected chi connectivity index (χ0v) is 14.4. The Morgan fingerprint density at radius 1 is 1.14 bits per heavy atom.